The summed E-state index contributed by atoms with van der Waals surface area (Å²) in [5, 5.41) is 12.8. The van der Waals surface area contributed by atoms with Crippen LogP contribution in [0.25, 0.3) is 0 Å². The lowest BCUT2D eigenvalue weighted by Gasteiger charge is -2.43. The van der Waals surface area contributed by atoms with E-state index in [-0.39, 0.29) is 16.4 Å². The topological polar surface area (TPSA) is 62.2 Å². The predicted octanol–water partition coefficient (Wildman–Crippen LogP) is 4.06. The highest BCUT2D eigenvalue weighted by Crippen LogP contribution is 2.63. The summed E-state index contributed by atoms with van der Waals surface area (Å²) >= 11 is 6.20. The van der Waals surface area contributed by atoms with Gasteiger partial charge in [-0.15, -0.1) is 0 Å². The Balaban J connectivity index is 1.88. The predicted molar refractivity (Wildman–Crippen MR) is 82.8 cm³/mol. The monoisotopic (exact) mass is 308 g/mol. The van der Waals surface area contributed by atoms with Gasteiger partial charge >= 0.3 is 5.97 Å². The normalized spacial score (nSPS) is 33.1. The average Bonchev–Trinajstić information content (AvgIpc) is 2.87. The van der Waals surface area contributed by atoms with Gasteiger partial charge in [0.2, 0.25) is 0 Å². The van der Waals surface area contributed by atoms with Crippen molar-refractivity contribution in [2.45, 2.75) is 46.1 Å². The van der Waals surface area contributed by atoms with Crippen molar-refractivity contribution < 1.29 is 9.90 Å². The van der Waals surface area contributed by atoms with Crippen LogP contribution in [0.1, 0.15) is 50.4 Å². The molecule has 5 heteroatoms. The van der Waals surface area contributed by atoms with Gasteiger partial charge in [0.15, 0.2) is 0 Å². The molecule has 2 saturated carbocycles. The smallest absolute Gasteiger partial charge is 0.337 e. The number of carboxylic acids is 1. The SMILES string of the molecule is CC12CCC(C1)C(C)(C)C2Nc1ncc(C(=O)O)cc1Cl. The zero-order valence-corrected chi connectivity index (χ0v) is 13.4. The average molecular weight is 309 g/mol. The lowest BCUT2D eigenvalue weighted by molar-refractivity contribution is 0.0696. The zero-order chi connectivity index (χ0) is 15.4. The highest BCUT2D eigenvalue weighted by atomic mass is 35.5. The van der Waals surface area contributed by atoms with E-state index in [1.807, 2.05) is 0 Å². The Bertz CT molecular complexity index is 597. The molecule has 3 rings (SSSR count). The number of rotatable bonds is 3. The number of hydrogen-bond acceptors (Lipinski definition) is 3. The zero-order valence-electron chi connectivity index (χ0n) is 12.6. The summed E-state index contributed by atoms with van der Waals surface area (Å²) in [6.45, 7) is 6.94. The second kappa shape index (κ2) is 4.60. The van der Waals surface area contributed by atoms with Crippen molar-refractivity contribution in [1.82, 2.24) is 4.98 Å². The minimum atomic E-state index is -1.01. The lowest BCUT2D eigenvalue weighted by atomic mass is 9.68. The molecule has 0 radical (unpaired) electrons. The van der Waals surface area contributed by atoms with Crippen LogP contribution in [0.4, 0.5) is 5.82 Å². The Kier molecular flexibility index (Phi) is 3.21. The van der Waals surface area contributed by atoms with E-state index in [1.54, 1.807) is 0 Å². The molecule has 0 saturated heterocycles. The van der Waals surface area contributed by atoms with Crippen molar-refractivity contribution in [1.29, 1.82) is 0 Å². The van der Waals surface area contributed by atoms with Gasteiger partial charge in [-0.2, -0.15) is 0 Å². The van der Waals surface area contributed by atoms with Gasteiger partial charge in [-0.1, -0.05) is 32.4 Å². The van der Waals surface area contributed by atoms with Crippen LogP contribution in [0.5, 0.6) is 0 Å². The molecular weight excluding hydrogens is 288 g/mol. The number of nitrogens with zero attached hydrogens (tertiary/aromatic N) is 1. The van der Waals surface area contributed by atoms with Crippen LogP contribution in [0.2, 0.25) is 5.02 Å². The fourth-order valence-corrected chi connectivity index (χ4v) is 4.68. The van der Waals surface area contributed by atoms with Crippen LogP contribution >= 0.6 is 11.6 Å². The van der Waals surface area contributed by atoms with Gasteiger partial charge in [0.05, 0.1) is 10.6 Å². The molecule has 3 unspecified atom stereocenters. The summed E-state index contributed by atoms with van der Waals surface area (Å²) in [5.41, 5.74) is 0.581. The summed E-state index contributed by atoms with van der Waals surface area (Å²) in [7, 11) is 0. The Morgan fingerprint density at radius 2 is 2.19 bits per heavy atom. The van der Waals surface area contributed by atoms with Gasteiger partial charge in [-0.05, 0) is 42.1 Å². The molecular formula is C16H21ClN2O2. The summed E-state index contributed by atoms with van der Waals surface area (Å²) in [6.07, 6.45) is 5.12. The minimum Gasteiger partial charge on any atom is -0.478 e. The maximum absolute atomic E-state index is 10.9. The summed E-state index contributed by atoms with van der Waals surface area (Å²) in [5.74, 6) is 0.314. The number of carbonyl (C=O) groups is 1. The Morgan fingerprint density at radius 1 is 1.48 bits per heavy atom. The number of aromatic nitrogens is 1. The first-order valence-electron chi connectivity index (χ1n) is 7.39. The van der Waals surface area contributed by atoms with E-state index in [9.17, 15) is 4.79 Å². The highest BCUT2D eigenvalue weighted by Gasteiger charge is 2.59. The number of halogens is 1. The van der Waals surface area contributed by atoms with Gasteiger partial charge < -0.3 is 10.4 Å². The molecule has 0 aromatic carbocycles. The Hall–Kier alpha value is -1.29. The largest absolute Gasteiger partial charge is 0.478 e. The molecule has 21 heavy (non-hydrogen) atoms. The molecule has 2 bridgehead atoms. The van der Waals surface area contributed by atoms with Crippen LogP contribution in [0, 0.1) is 16.7 Å². The van der Waals surface area contributed by atoms with E-state index in [2.05, 4.69) is 31.1 Å². The van der Waals surface area contributed by atoms with Crippen LogP contribution in [-0.4, -0.2) is 22.1 Å². The number of aromatic carboxylic acids is 1. The van der Waals surface area contributed by atoms with Crippen LogP contribution < -0.4 is 5.32 Å². The van der Waals surface area contributed by atoms with E-state index in [1.165, 1.54) is 31.5 Å². The van der Waals surface area contributed by atoms with Crippen LogP contribution in [0.15, 0.2) is 12.3 Å². The van der Waals surface area contributed by atoms with E-state index in [0.717, 1.165) is 5.92 Å². The Morgan fingerprint density at radius 3 is 2.71 bits per heavy atom. The van der Waals surface area contributed by atoms with Crippen molar-refractivity contribution in [3.8, 4) is 0 Å². The standard InChI is InChI=1S/C16H21ClN2O2/c1-15(2)10-4-5-16(3,7-10)14(15)19-12-11(17)6-9(8-18-12)13(20)21/h6,8,10,14H,4-5,7H2,1-3H3,(H,18,19)(H,20,21). The molecule has 2 aliphatic carbocycles. The molecule has 1 aromatic heterocycles. The van der Waals surface area contributed by atoms with Gasteiger partial charge in [0, 0.05) is 12.2 Å². The van der Waals surface area contributed by atoms with Crippen LogP contribution in [0.3, 0.4) is 0 Å². The first kappa shape index (κ1) is 14.6. The number of nitrogens with one attached hydrogen (secondary N) is 1. The molecule has 114 valence electrons. The van der Waals surface area contributed by atoms with Crippen molar-refractivity contribution >= 4 is 23.4 Å². The van der Waals surface area contributed by atoms with Gasteiger partial charge in [0.1, 0.15) is 5.82 Å². The van der Waals surface area contributed by atoms with E-state index < -0.39 is 5.97 Å². The molecule has 0 amide bonds. The second-order valence-electron chi connectivity index (χ2n) is 7.35. The molecule has 4 nitrogen and oxygen atoms in total. The summed E-state index contributed by atoms with van der Waals surface area (Å²) < 4.78 is 0. The van der Waals surface area contributed by atoms with Crippen molar-refractivity contribution in [3.05, 3.63) is 22.8 Å². The van der Waals surface area contributed by atoms with E-state index in [4.69, 9.17) is 16.7 Å². The number of anilines is 1. The molecule has 0 aliphatic heterocycles. The first-order chi connectivity index (χ1) is 9.74. The molecule has 2 fully saturated rings. The van der Waals surface area contributed by atoms with Crippen molar-refractivity contribution in [2.75, 3.05) is 5.32 Å². The fourth-order valence-electron chi connectivity index (χ4n) is 4.46. The maximum Gasteiger partial charge on any atom is 0.337 e. The molecule has 3 atom stereocenters. The van der Waals surface area contributed by atoms with Crippen molar-refractivity contribution in [3.63, 3.8) is 0 Å². The minimum absolute atomic E-state index is 0.115. The maximum atomic E-state index is 10.9. The molecule has 1 heterocycles. The number of pyridine rings is 1. The van der Waals surface area contributed by atoms with Gasteiger partial charge in [-0.25, -0.2) is 9.78 Å². The molecule has 2 N–H and O–H groups in total. The molecule has 1 aromatic rings. The number of fused-ring (bicyclic) bond motifs is 2. The molecule has 2 aliphatic rings. The number of carboxylic acid groups (broad SMARTS) is 1. The van der Waals surface area contributed by atoms with Gasteiger partial charge in [0.25, 0.3) is 0 Å². The summed E-state index contributed by atoms with van der Waals surface area (Å²) in [4.78, 5) is 15.2. The second-order valence-corrected chi connectivity index (χ2v) is 7.76. The first-order valence-corrected chi connectivity index (χ1v) is 7.77. The Labute approximate surface area is 129 Å². The van der Waals surface area contributed by atoms with Crippen molar-refractivity contribution in [2.24, 2.45) is 16.7 Å². The molecule has 0 spiro atoms. The number of hydrogen-bond donors (Lipinski definition) is 2. The third kappa shape index (κ3) is 2.20. The third-order valence-electron chi connectivity index (χ3n) is 5.64. The highest BCUT2D eigenvalue weighted by molar-refractivity contribution is 6.33. The van der Waals surface area contributed by atoms with E-state index >= 15 is 0 Å². The van der Waals surface area contributed by atoms with Gasteiger partial charge in [-0.3, -0.25) is 0 Å². The van der Waals surface area contributed by atoms with E-state index in [0.29, 0.717) is 16.9 Å². The quantitative estimate of drug-likeness (QED) is 0.884. The third-order valence-corrected chi connectivity index (χ3v) is 5.93. The fraction of sp³-hybridized carbons (Fsp3) is 0.625. The van der Waals surface area contributed by atoms with Crippen LogP contribution in [-0.2, 0) is 0 Å². The lowest BCUT2D eigenvalue weighted by Crippen LogP contribution is -2.46. The summed E-state index contributed by atoms with van der Waals surface area (Å²) in [6, 6.07) is 1.77.